The average Bonchev–Trinajstić information content (AvgIpc) is 2.22. The lowest BCUT2D eigenvalue weighted by Crippen LogP contribution is -2.39. The van der Waals surface area contributed by atoms with Crippen molar-refractivity contribution >= 4 is 11.8 Å². The Morgan fingerprint density at radius 3 is 2.13 bits per heavy atom. The maximum absolute atomic E-state index is 13.4. The van der Waals surface area contributed by atoms with E-state index >= 15 is 0 Å². The lowest BCUT2D eigenvalue weighted by atomic mass is 9.86. The highest BCUT2D eigenvalue weighted by molar-refractivity contribution is 8.01. The predicted octanol–water partition coefficient (Wildman–Crippen LogP) is 4.30. The molecule has 1 aliphatic heterocycles. The Morgan fingerprint density at radius 2 is 1.47 bits per heavy atom. The predicted molar refractivity (Wildman–Crippen MR) is 52.5 cm³/mol. The van der Waals surface area contributed by atoms with Crippen LogP contribution in [0.3, 0.4) is 0 Å². The molecular weight excluding hydrogens is 228 g/mol. The summed E-state index contributed by atoms with van der Waals surface area (Å²) in [5.74, 6) is -4.92. The molecule has 2 aliphatic rings. The molecule has 0 nitrogen and oxygen atoms in total. The zero-order valence-corrected chi connectivity index (χ0v) is 9.13. The van der Waals surface area contributed by atoms with E-state index in [9.17, 15) is 17.6 Å². The highest BCUT2D eigenvalue weighted by Gasteiger charge is 2.69. The third-order valence-corrected chi connectivity index (χ3v) is 4.79. The Labute approximate surface area is 90.8 Å². The molecule has 5 heteroatoms. The molecule has 1 saturated heterocycles. The Bertz CT molecular complexity index is 242. The molecule has 0 amide bonds. The Kier molecular flexibility index (Phi) is 2.95. The minimum atomic E-state index is -3.85. The van der Waals surface area contributed by atoms with Gasteiger partial charge >= 0.3 is 11.2 Å². The van der Waals surface area contributed by atoms with Gasteiger partial charge in [-0.2, -0.15) is 17.6 Å². The van der Waals surface area contributed by atoms with Gasteiger partial charge in [0.2, 0.25) is 0 Å². The molecule has 1 saturated carbocycles. The molecule has 88 valence electrons. The molecule has 2 atom stereocenters. The minimum absolute atomic E-state index is 0.198. The summed E-state index contributed by atoms with van der Waals surface area (Å²) in [4.78, 5) is 0. The first-order chi connectivity index (χ1) is 6.95. The topological polar surface area (TPSA) is 0 Å². The minimum Gasteiger partial charge on any atom is -0.198 e. The van der Waals surface area contributed by atoms with Crippen LogP contribution >= 0.6 is 11.8 Å². The van der Waals surface area contributed by atoms with Crippen molar-refractivity contribution in [2.45, 2.75) is 55.0 Å². The summed E-state index contributed by atoms with van der Waals surface area (Å²) in [6, 6.07) is 0. The third kappa shape index (κ3) is 1.87. The van der Waals surface area contributed by atoms with Gasteiger partial charge in [0.05, 0.1) is 0 Å². The fourth-order valence-corrected chi connectivity index (χ4v) is 3.94. The number of hydrogen-bond donors (Lipinski definition) is 0. The second kappa shape index (κ2) is 3.82. The Morgan fingerprint density at radius 1 is 0.867 bits per heavy atom. The maximum atomic E-state index is 13.4. The first kappa shape index (κ1) is 11.6. The average molecular weight is 242 g/mol. The van der Waals surface area contributed by atoms with Crippen molar-refractivity contribution in [3.05, 3.63) is 0 Å². The van der Waals surface area contributed by atoms with E-state index in [2.05, 4.69) is 0 Å². The van der Waals surface area contributed by atoms with Crippen molar-refractivity contribution in [3.63, 3.8) is 0 Å². The van der Waals surface area contributed by atoms with Crippen molar-refractivity contribution in [3.8, 4) is 0 Å². The second-order valence-corrected chi connectivity index (χ2v) is 5.75. The Hall–Kier alpha value is 0.0700. The molecule has 1 aliphatic carbocycles. The normalized spacial score (nSPS) is 39.2. The zero-order chi connectivity index (χ0) is 11.1. The van der Waals surface area contributed by atoms with Gasteiger partial charge in [0.25, 0.3) is 0 Å². The summed E-state index contributed by atoms with van der Waals surface area (Å²) < 4.78 is 53.0. The van der Waals surface area contributed by atoms with E-state index in [1.54, 1.807) is 0 Å². The molecule has 0 bridgehead atoms. The van der Waals surface area contributed by atoms with Gasteiger partial charge in [-0.25, -0.2) is 0 Å². The molecule has 0 spiro atoms. The highest BCUT2D eigenvalue weighted by Crippen LogP contribution is 2.61. The second-order valence-electron chi connectivity index (χ2n) is 4.39. The van der Waals surface area contributed by atoms with Crippen molar-refractivity contribution < 1.29 is 17.6 Å². The molecule has 2 fully saturated rings. The molecule has 15 heavy (non-hydrogen) atoms. The molecular formula is C10H14F4S. The summed E-state index contributed by atoms with van der Waals surface area (Å²) in [6.07, 6.45) is 4.12. The van der Waals surface area contributed by atoms with E-state index in [4.69, 9.17) is 0 Å². The molecule has 2 rings (SSSR count). The van der Waals surface area contributed by atoms with Gasteiger partial charge in [-0.05, 0) is 12.8 Å². The van der Waals surface area contributed by atoms with Crippen LogP contribution < -0.4 is 0 Å². The van der Waals surface area contributed by atoms with Gasteiger partial charge < -0.3 is 0 Å². The van der Waals surface area contributed by atoms with Crippen LogP contribution in [0, 0.1) is 5.92 Å². The molecule has 1 heterocycles. The van der Waals surface area contributed by atoms with Crippen molar-refractivity contribution in [1.29, 1.82) is 0 Å². The van der Waals surface area contributed by atoms with Crippen molar-refractivity contribution in [2.75, 3.05) is 0 Å². The van der Waals surface area contributed by atoms with Crippen LogP contribution in [-0.2, 0) is 0 Å². The van der Waals surface area contributed by atoms with Gasteiger partial charge in [-0.15, -0.1) is 0 Å². The van der Waals surface area contributed by atoms with E-state index in [-0.39, 0.29) is 18.2 Å². The van der Waals surface area contributed by atoms with Crippen molar-refractivity contribution in [1.82, 2.24) is 0 Å². The number of thioether (sulfide) groups is 1. The first-order valence-electron chi connectivity index (χ1n) is 5.38. The van der Waals surface area contributed by atoms with Gasteiger partial charge in [-0.1, -0.05) is 37.4 Å². The van der Waals surface area contributed by atoms with Gasteiger partial charge in [0.15, 0.2) is 0 Å². The third-order valence-electron chi connectivity index (χ3n) is 3.36. The number of fused-ring (bicyclic) bond motifs is 1. The van der Waals surface area contributed by atoms with Gasteiger partial charge in [0.1, 0.15) is 0 Å². The summed E-state index contributed by atoms with van der Waals surface area (Å²) in [5.41, 5.74) is 0. The fraction of sp³-hybridized carbons (Fsp3) is 1.00. The van der Waals surface area contributed by atoms with E-state index in [1.807, 2.05) is 0 Å². The zero-order valence-electron chi connectivity index (χ0n) is 8.32. The monoisotopic (exact) mass is 242 g/mol. The number of rotatable bonds is 0. The van der Waals surface area contributed by atoms with E-state index in [1.165, 1.54) is 0 Å². The van der Waals surface area contributed by atoms with Crippen LogP contribution in [0.5, 0.6) is 0 Å². The number of hydrogen-bond acceptors (Lipinski definition) is 1. The van der Waals surface area contributed by atoms with E-state index in [0.717, 1.165) is 19.3 Å². The Balaban J connectivity index is 2.19. The van der Waals surface area contributed by atoms with E-state index in [0.29, 0.717) is 12.8 Å². The molecule has 0 aromatic carbocycles. The molecule has 2 unspecified atom stereocenters. The largest absolute Gasteiger partial charge is 0.356 e. The van der Waals surface area contributed by atoms with Crippen LogP contribution in [0.2, 0.25) is 0 Å². The molecule has 0 aromatic heterocycles. The maximum Gasteiger partial charge on any atom is 0.356 e. The van der Waals surface area contributed by atoms with Crippen LogP contribution in [0.1, 0.15) is 38.5 Å². The standard InChI is InChI=1S/C10H14F4S/c11-9(12)7-5-3-1-2-4-6-8(7)15-10(9,13)14/h7-8H,1-6H2. The molecule has 0 radical (unpaired) electrons. The molecule has 0 N–H and O–H groups in total. The highest BCUT2D eigenvalue weighted by atomic mass is 32.2. The smallest absolute Gasteiger partial charge is 0.198 e. The van der Waals surface area contributed by atoms with Gasteiger partial charge in [-0.3, -0.25) is 0 Å². The van der Waals surface area contributed by atoms with Gasteiger partial charge in [0, 0.05) is 11.2 Å². The number of halogens is 4. The summed E-state index contributed by atoms with van der Waals surface area (Å²) in [7, 11) is 0. The summed E-state index contributed by atoms with van der Waals surface area (Å²) in [6.45, 7) is 0. The van der Waals surface area contributed by atoms with E-state index < -0.39 is 22.3 Å². The first-order valence-corrected chi connectivity index (χ1v) is 6.26. The number of alkyl halides is 4. The molecule has 0 aromatic rings. The SMILES string of the molecule is FC1(F)SC2CCCCCCC2C1(F)F. The quantitative estimate of drug-likeness (QED) is 0.571. The van der Waals surface area contributed by atoms with Crippen LogP contribution in [0.25, 0.3) is 0 Å². The fourth-order valence-electron chi connectivity index (χ4n) is 2.49. The summed E-state index contributed by atoms with van der Waals surface area (Å²) >= 11 is 0.198. The van der Waals surface area contributed by atoms with Crippen molar-refractivity contribution in [2.24, 2.45) is 5.92 Å². The summed E-state index contributed by atoms with van der Waals surface area (Å²) in [5, 5.41) is -4.40. The van der Waals surface area contributed by atoms with Crippen LogP contribution in [-0.4, -0.2) is 16.4 Å². The lowest BCUT2D eigenvalue weighted by Gasteiger charge is -2.25. The van der Waals surface area contributed by atoms with Crippen LogP contribution in [0.4, 0.5) is 17.6 Å². The lowest BCUT2D eigenvalue weighted by molar-refractivity contribution is -0.176. The van der Waals surface area contributed by atoms with Crippen LogP contribution in [0.15, 0.2) is 0 Å².